The van der Waals surface area contributed by atoms with E-state index >= 15 is 0 Å². The van der Waals surface area contributed by atoms with Crippen LogP contribution in [0.1, 0.15) is 65.7 Å². The van der Waals surface area contributed by atoms with Gasteiger partial charge in [0.05, 0.1) is 12.4 Å². The summed E-state index contributed by atoms with van der Waals surface area (Å²) in [5.41, 5.74) is 0.158. The van der Waals surface area contributed by atoms with Crippen molar-refractivity contribution in [3.8, 4) is 0 Å². The summed E-state index contributed by atoms with van der Waals surface area (Å²) in [6.07, 6.45) is 11.3. The van der Waals surface area contributed by atoms with Crippen LogP contribution in [-0.4, -0.2) is 52.4 Å². The number of fused-ring (bicyclic) bond motifs is 1. The Hall–Kier alpha value is -1.87. The Bertz CT molecular complexity index is 945. The molecule has 1 saturated heterocycles. The van der Waals surface area contributed by atoms with Gasteiger partial charge in [-0.05, 0) is 74.2 Å². The van der Waals surface area contributed by atoms with Gasteiger partial charge < -0.3 is 14.8 Å². The predicted octanol–water partition coefficient (Wildman–Crippen LogP) is 5.65. The topological polar surface area (TPSA) is 81.0 Å². The number of halogens is 1. The maximum atomic E-state index is 13.3. The second-order valence-electron chi connectivity index (χ2n) is 10.3. The Kier molecular flexibility index (Phi) is 7.79. The van der Waals surface area contributed by atoms with E-state index in [1.807, 2.05) is 31.4 Å². The van der Waals surface area contributed by atoms with E-state index in [2.05, 4.69) is 26.2 Å². The van der Waals surface area contributed by atoms with E-state index in [4.69, 9.17) is 14.5 Å². The maximum absolute atomic E-state index is 13.3. The molecular formula is C24H36BrN5O3. The normalized spacial score (nSPS) is 18.4. The molecule has 2 aromatic heterocycles. The summed E-state index contributed by atoms with van der Waals surface area (Å²) in [5.74, 6) is 2.25. The van der Waals surface area contributed by atoms with Gasteiger partial charge in [-0.25, -0.2) is 14.8 Å². The number of nitrogens with zero attached hydrogens (tertiary/aromatic N) is 4. The molecule has 1 amide bonds. The molecule has 0 spiro atoms. The summed E-state index contributed by atoms with van der Waals surface area (Å²) in [5, 5.41) is 3.51. The van der Waals surface area contributed by atoms with Crippen LogP contribution in [0.4, 0.5) is 16.4 Å². The fourth-order valence-corrected chi connectivity index (χ4v) is 4.97. The fourth-order valence-electron chi connectivity index (χ4n) is 4.59. The third kappa shape index (κ3) is 6.38. The van der Waals surface area contributed by atoms with Crippen molar-refractivity contribution in [2.45, 2.75) is 71.3 Å². The molecule has 9 heteroatoms. The monoisotopic (exact) mass is 521 g/mol. The molecule has 1 aliphatic carbocycles. The van der Waals surface area contributed by atoms with Crippen LogP contribution in [0.2, 0.25) is 0 Å². The highest BCUT2D eigenvalue weighted by Crippen LogP contribution is 2.29. The second-order valence-corrected chi connectivity index (χ2v) is 11.1. The lowest BCUT2D eigenvalue weighted by Gasteiger charge is -2.31. The SMILES string of the molecule is CC(C)(C)OC(=O)N(CC1CCCCC1)c1cn2c(Br)cnc2c(NCC2CCOCC2)n1. The molecule has 2 fully saturated rings. The first-order chi connectivity index (χ1) is 15.8. The van der Waals surface area contributed by atoms with Crippen molar-refractivity contribution in [2.75, 3.05) is 36.5 Å². The standard InChI is InChI=1S/C24H36BrN5O3/c1-24(2,3)33-23(31)30(15-18-7-5-4-6-8-18)20-16-29-19(25)14-27-22(29)21(28-20)26-13-17-9-11-32-12-10-17/h14,16-18H,4-13,15H2,1-3H3,(H,26,28). The molecule has 0 aromatic carbocycles. The summed E-state index contributed by atoms with van der Waals surface area (Å²) in [7, 11) is 0. The molecule has 0 unspecified atom stereocenters. The Morgan fingerprint density at radius 3 is 2.64 bits per heavy atom. The molecule has 33 heavy (non-hydrogen) atoms. The zero-order chi connectivity index (χ0) is 23.4. The van der Waals surface area contributed by atoms with Crippen molar-refractivity contribution in [1.29, 1.82) is 0 Å². The van der Waals surface area contributed by atoms with Crippen LogP contribution >= 0.6 is 15.9 Å². The van der Waals surface area contributed by atoms with Crippen molar-refractivity contribution in [3.63, 3.8) is 0 Å². The van der Waals surface area contributed by atoms with Gasteiger partial charge in [0.1, 0.15) is 10.2 Å². The van der Waals surface area contributed by atoms with Crippen molar-refractivity contribution >= 4 is 39.3 Å². The molecule has 0 radical (unpaired) electrons. The van der Waals surface area contributed by atoms with E-state index in [-0.39, 0.29) is 6.09 Å². The van der Waals surface area contributed by atoms with Crippen molar-refractivity contribution < 1.29 is 14.3 Å². The number of aromatic nitrogens is 3. The van der Waals surface area contributed by atoms with Gasteiger partial charge in [-0.2, -0.15) is 0 Å². The molecule has 1 saturated carbocycles. The van der Waals surface area contributed by atoms with E-state index in [0.29, 0.717) is 30.0 Å². The van der Waals surface area contributed by atoms with Crippen LogP contribution in [0.25, 0.3) is 5.65 Å². The first-order valence-electron chi connectivity index (χ1n) is 12.2. The average Bonchev–Trinajstić information content (AvgIpc) is 3.17. The Balaban J connectivity index is 1.64. The number of carbonyl (C=O) groups is 1. The summed E-state index contributed by atoms with van der Waals surface area (Å²) >= 11 is 3.59. The van der Waals surface area contributed by atoms with Crippen molar-refractivity contribution in [3.05, 3.63) is 17.0 Å². The molecule has 0 atom stereocenters. The zero-order valence-corrected chi connectivity index (χ0v) is 21.6. The number of ether oxygens (including phenoxy) is 2. The fraction of sp³-hybridized carbons (Fsp3) is 0.708. The lowest BCUT2D eigenvalue weighted by molar-refractivity contribution is 0.0570. The first-order valence-corrected chi connectivity index (χ1v) is 12.9. The molecule has 2 aromatic rings. The minimum atomic E-state index is -0.578. The van der Waals surface area contributed by atoms with Gasteiger partial charge >= 0.3 is 6.09 Å². The van der Waals surface area contributed by atoms with Gasteiger partial charge in [-0.3, -0.25) is 9.30 Å². The third-order valence-corrected chi connectivity index (χ3v) is 6.98. The number of carbonyl (C=O) groups excluding carboxylic acids is 1. The zero-order valence-electron chi connectivity index (χ0n) is 20.0. The van der Waals surface area contributed by atoms with Crippen LogP contribution in [0.3, 0.4) is 0 Å². The molecule has 0 bridgehead atoms. The number of hydrogen-bond donors (Lipinski definition) is 1. The molecule has 4 rings (SSSR count). The molecule has 2 aliphatic rings. The number of rotatable bonds is 6. The molecule has 1 aliphatic heterocycles. The van der Waals surface area contributed by atoms with E-state index < -0.39 is 5.60 Å². The van der Waals surface area contributed by atoms with Crippen LogP contribution in [0.5, 0.6) is 0 Å². The van der Waals surface area contributed by atoms with Gasteiger partial charge in [0.2, 0.25) is 0 Å². The molecular weight excluding hydrogens is 486 g/mol. The summed E-state index contributed by atoms with van der Waals surface area (Å²) < 4.78 is 14.0. The Morgan fingerprint density at radius 1 is 1.21 bits per heavy atom. The highest BCUT2D eigenvalue weighted by atomic mass is 79.9. The van der Waals surface area contributed by atoms with Gasteiger partial charge in [0.15, 0.2) is 17.3 Å². The number of anilines is 2. The Labute approximate surface area is 204 Å². The van der Waals surface area contributed by atoms with E-state index in [1.165, 1.54) is 19.3 Å². The second kappa shape index (κ2) is 10.6. The van der Waals surface area contributed by atoms with Gasteiger partial charge in [-0.1, -0.05) is 19.3 Å². The van der Waals surface area contributed by atoms with Gasteiger partial charge in [-0.15, -0.1) is 0 Å². The van der Waals surface area contributed by atoms with Crippen LogP contribution in [0.15, 0.2) is 17.0 Å². The summed E-state index contributed by atoms with van der Waals surface area (Å²) in [6, 6.07) is 0. The molecule has 1 N–H and O–H groups in total. The summed E-state index contributed by atoms with van der Waals surface area (Å²) in [4.78, 5) is 24.4. The number of imidazole rings is 1. The molecule has 8 nitrogen and oxygen atoms in total. The van der Waals surface area contributed by atoms with Crippen LogP contribution in [-0.2, 0) is 9.47 Å². The lowest BCUT2D eigenvalue weighted by Crippen LogP contribution is -2.41. The van der Waals surface area contributed by atoms with Crippen LogP contribution < -0.4 is 10.2 Å². The van der Waals surface area contributed by atoms with Crippen LogP contribution in [0, 0.1) is 11.8 Å². The molecule has 182 valence electrons. The first kappa shape index (κ1) is 24.3. The third-order valence-electron chi connectivity index (χ3n) is 6.39. The van der Waals surface area contributed by atoms with E-state index in [9.17, 15) is 4.79 Å². The minimum Gasteiger partial charge on any atom is -0.443 e. The largest absolute Gasteiger partial charge is 0.443 e. The quantitative estimate of drug-likeness (QED) is 0.528. The minimum absolute atomic E-state index is 0.355. The number of hydrogen-bond acceptors (Lipinski definition) is 6. The Morgan fingerprint density at radius 2 is 1.94 bits per heavy atom. The predicted molar refractivity (Wildman–Crippen MR) is 133 cm³/mol. The van der Waals surface area contributed by atoms with Crippen molar-refractivity contribution in [1.82, 2.24) is 14.4 Å². The smallest absolute Gasteiger partial charge is 0.416 e. The summed E-state index contributed by atoms with van der Waals surface area (Å²) in [6.45, 7) is 8.71. The maximum Gasteiger partial charge on any atom is 0.416 e. The van der Waals surface area contributed by atoms with Crippen molar-refractivity contribution in [2.24, 2.45) is 11.8 Å². The van der Waals surface area contributed by atoms with Gasteiger partial charge in [0.25, 0.3) is 0 Å². The van der Waals surface area contributed by atoms with Gasteiger partial charge in [0, 0.05) is 26.3 Å². The highest BCUT2D eigenvalue weighted by Gasteiger charge is 2.29. The van der Waals surface area contributed by atoms with E-state index in [0.717, 1.165) is 55.7 Å². The highest BCUT2D eigenvalue weighted by molar-refractivity contribution is 9.10. The molecule has 3 heterocycles. The van der Waals surface area contributed by atoms with E-state index in [1.54, 1.807) is 11.1 Å². The average molecular weight is 522 g/mol. The lowest BCUT2D eigenvalue weighted by atomic mass is 9.89. The number of nitrogens with one attached hydrogen (secondary N) is 1. The number of amides is 1.